The highest BCUT2D eigenvalue weighted by Crippen LogP contribution is 2.28. The monoisotopic (exact) mass is 258 g/mol. The van der Waals surface area contributed by atoms with Crippen LogP contribution in [-0.2, 0) is 9.47 Å². The van der Waals surface area contributed by atoms with Gasteiger partial charge in [0.2, 0.25) is 0 Å². The van der Waals surface area contributed by atoms with E-state index in [2.05, 4.69) is 4.74 Å². The Kier molecular flexibility index (Phi) is 4.35. The summed E-state index contributed by atoms with van der Waals surface area (Å²) in [6.07, 6.45) is 4.56. The molecule has 1 aliphatic rings. The van der Waals surface area contributed by atoms with Gasteiger partial charge in [-0.2, -0.15) is 0 Å². The number of hydrogen-bond donors (Lipinski definition) is 0. The second kappa shape index (κ2) is 5.10. The molecule has 0 aliphatic heterocycles. The van der Waals surface area contributed by atoms with Crippen LogP contribution in [0.5, 0.6) is 0 Å². The molecule has 3 nitrogen and oxygen atoms in total. The van der Waals surface area contributed by atoms with Gasteiger partial charge in [-0.25, -0.2) is 4.79 Å². The van der Waals surface area contributed by atoms with Crippen LogP contribution in [0.25, 0.3) is 0 Å². The van der Waals surface area contributed by atoms with E-state index in [-0.39, 0.29) is 0 Å². The van der Waals surface area contributed by atoms with Crippen molar-refractivity contribution < 1.29 is 14.3 Å². The van der Waals surface area contributed by atoms with Crippen LogP contribution in [-0.4, -0.2) is 10.1 Å². The molecular weight excluding hydrogens is 250 g/mol. The van der Waals surface area contributed by atoms with Crippen LogP contribution in [0.1, 0.15) is 25.7 Å². The van der Waals surface area contributed by atoms with Crippen molar-refractivity contribution >= 4 is 41.0 Å². The fourth-order valence-electron chi connectivity index (χ4n) is 1.12. The van der Waals surface area contributed by atoms with Crippen molar-refractivity contribution in [2.75, 3.05) is 0 Å². The molecule has 0 amide bonds. The lowest BCUT2D eigenvalue weighted by molar-refractivity contribution is 0.0716. The molecule has 0 saturated heterocycles. The van der Waals surface area contributed by atoms with Gasteiger partial charge in [-0.15, -0.1) is 0 Å². The van der Waals surface area contributed by atoms with Gasteiger partial charge in [-0.1, -0.05) is 0 Å². The zero-order chi connectivity index (χ0) is 10.6. The molecular formula is C8H9Cl3O3. The Morgan fingerprint density at radius 1 is 1.36 bits per heavy atom. The zero-order valence-corrected chi connectivity index (χ0v) is 9.53. The molecule has 0 saturated carbocycles. The lowest BCUT2D eigenvalue weighted by Crippen LogP contribution is -2.17. The summed E-state index contributed by atoms with van der Waals surface area (Å²) >= 11 is 15.7. The average Bonchev–Trinajstić information content (AvgIpc) is 2.02. The highest BCUT2D eigenvalue weighted by atomic mass is 35.6. The zero-order valence-electron chi connectivity index (χ0n) is 7.26. The van der Waals surface area contributed by atoms with Crippen molar-refractivity contribution in [3.8, 4) is 0 Å². The second-order valence-corrected chi connectivity index (χ2v) is 4.99. The molecule has 0 heterocycles. The van der Waals surface area contributed by atoms with Crippen LogP contribution in [0.2, 0.25) is 0 Å². The number of allylic oxidation sites excluding steroid dienone is 2. The molecule has 0 aromatic heterocycles. The Morgan fingerprint density at radius 3 is 2.57 bits per heavy atom. The molecule has 0 bridgehead atoms. The van der Waals surface area contributed by atoms with E-state index in [4.69, 9.17) is 39.5 Å². The molecule has 0 radical (unpaired) electrons. The van der Waals surface area contributed by atoms with Gasteiger partial charge in [0.15, 0.2) is 0 Å². The fraction of sp³-hybridized carbons (Fsp3) is 0.625. The van der Waals surface area contributed by atoms with Gasteiger partial charge in [-0.3, -0.25) is 0 Å². The summed E-state index contributed by atoms with van der Waals surface area (Å²) in [5.74, 6) is 0.579. The normalized spacial score (nSPS) is 17.2. The van der Waals surface area contributed by atoms with Crippen LogP contribution in [0.3, 0.4) is 0 Å². The van der Waals surface area contributed by atoms with E-state index in [0.29, 0.717) is 5.76 Å². The molecule has 0 N–H and O–H groups in total. The molecule has 0 atom stereocenters. The van der Waals surface area contributed by atoms with Crippen LogP contribution >= 0.6 is 34.8 Å². The van der Waals surface area contributed by atoms with E-state index < -0.39 is 10.1 Å². The first-order valence-electron chi connectivity index (χ1n) is 4.14. The molecule has 0 fully saturated rings. The minimum Gasteiger partial charge on any atom is -0.400 e. The van der Waals surface area contributed by atoms with E-state index >= 15 is 0 Å². The third-order valence-electron chi connectivity index (χ3n) is 1.66. The molecule has 80 valence electrons. The van der Waals surface area contributed by atoms with Crippen molar-refractivity contribution in [2.45, 2.75) is 29.7 Å². The first-order chi connectivity index (χ1) is 6.47. The third-order valence-corrected chi connectivity index (χ3v) is 1.89. The number of carbonyl (C=O) groups is 1. The number of rotatable bonds is 1. The fourth-order valence-corrected chi connectivity index (χ4v) is 1.31. The standard InChI is InChI=1S/C8H9Cl3O3/c9-8(10,11)14-7(12)13-6-4-2-1-3-5-6/h4H,1-3,5H2. The largest absolute Gasteiger partial charge is 0.517 e. The van der Waals surface area contributed by atoms with E-state index in [1.54, 1.807) is 0 Å². The van der Waals surface area contributed by atoms with Gasteiger partial charge in [0.25, 0.3) is 0 Å². The van der Waals surface area contributed by atoms with Crippen molar-refractivity contribution in [1.82, 2.24) is 0 Å². The Morgan fingerprint density at radius 2 is 2.07 bits per heavy atom. The van der Waals surface area contributed by atoms with Gasteiger partial charge < -0.3 is 9.47 Å². The van der Waals surface area contributed by atoms with Crippen LogP contribution in [0.4, 0.5) is 4.79 Å². The second-order valence-electron chi connectivity index (χ2n) is 2.82. The number of alkyl halides is 3. The van der Waals surface area contributed by atoms with Crippen LogP contribution in [0.15, 0.2) is 11.8 Å². The third kappa shape index (κ3) is 4.94. The molecule has 0 spiro atoms. The first kappa shape index (κ1) is 12.0. The molecule has 0 aromatic carbocycles. The van der Waals surface area contributed by atoms with Crippen LogP contribution < -0.4 is 0 Å². The first-order valence-corrected chi connectivity index (χ1v) is 5.27. The summed E-state index contributed by atoms with van der Waals surface area (Å²) in [5, 5.41) is 0. The summed E-state index contributed by atoms with van der Waals surface area (Å²) < 4.78 is 7.09. The Bertz CT molecular complexity index is 245. The lowest BCUT2D eigenvalue weighted by atomic mass is 10.1. The van der Waals surface area contributed by atoms with E-state index in [9.17, 15) is 4.79 Å². The van der Waals surface area contributed by atoms with Crippen molar-refractivity contribution in [2.24, 2.45) is 0 Å². The van der Waals surface area contributed by atoms with Gasteiger partial charge in [0.1, 0.15) is 5.76 Å². The topological polar surface area (TPSA) is 35.5 Å². The minimum atomic E-state index is -2.06. The molecule has 1 aliphatic carbocycles. The summed E-state index contributed by atoms with van der Waals surface area (Å²) in [7, 11) is 0. The maximum Gasteiger partial charge on any atom is 0.517 e. The predicted octanol–water partition coefficient (Wildman–Crippen LogP) is 3.93. The SMILES string of the molecule is O=C(OC1=CCCCC1)OC(Cl)(Cl)Cl. The Balaban J connectivity index is 2.36. The number of hydrogen-bond acceptors (Lipinski definition) is 3. The summed E-state index contributed by atoms with van der Waals surface area (Å²) in [4.78, 5) is 11.0. The van der Waals surface area contributed by atoms with Gasteiger partial charge in [-0.05, 0) is 60.1 Å². The average molecular weight is 260 g/mol. The molecule has 6 heteroatoms. The summed E-state index contributed by atoms with van der Waals surface area (Å²) in [6, 6.07) is 0. The summed E-state index contributed by atoms with van der Waals surface area (Å²) in [5.41, 5.74) is 0. The predicted molar refractivity (Wildman–Crippen MR) is 54.4 cm³/mol. The van der Waals surface area contributed by atoms with Gasteiger partial charge >= 0.3 is 10.1 Å². The van der Waals surface area contributed by atoms with Crippen molar-refractivity contribution in [3.05, 3.63) is 11.8 Å². The van der Waals surface area contributed by atoms with Crippen LogP contribution in [0, 0.1) is 0 Å². The minimum absolute atomic E-state index is 0.579. The number of ether oxygens (including phenoxy) is 2. The van der Waals surface area contributed by atoms with Gasteiger partial charge in [0, 0.05) is 6.42 Å². The molecule has 1 rings (SSSR count). The van der Waals surface area contributed by atoms with E-state index in [1.807, 2.05) is 6.08 Å². The highest BCUT2D eigenvalue weighted by molar-refractivity contribution is 6.66. The van der Waals surface area contributed by atoms with Crippen molar-refractivity contribution in [1.29, 1.82) is 0 Å². The lowest BCUT2D eigenvalue weighted by Gasteiger charge is -2.15. The Hall–Kier alpha value is -0.120. The number of halogens is 3. The van der Waals surface area contributed by atoms with E-state index in [0.717, 1.165) is 25.7 Å². The number of carbonyl (C=O) groups excluding carboxylic acids is 1. The molecule has 0 unspecified atom stereocenters. The van der Waals surface area contributed by atoms with Gasteiger partial charge in [0.05, 0.1) is 0 Å². The maximum atomic E-state index is 11.0. The maximum absolute atomic E-state index is 11.0. The smallest absolute Gasteiger partial charge is 0.400 e. The highest BCUT2D eigenvalue weighted by Gasteiger charge is 2.27. The quantitative estimate of drug-likeness (QED) is 0.529. The Labute approximate surface area is 96.9 Å². The van der Waals surface area contributed by atoms with Crippen molar-refractivity contribution in [3.63, 3.8) is 0 Å². The van der Waals surface area contributed by atoms with E-state index in [1.165, 1.54) is 0 Å². The summed E-state index contributed by atoms with van der Waals surface area (Å²) in [6.45, 7) is 0. The molecule has 14 heavy (non-hydrogen) atoms. The molecule has 0 aromatic rings.